The molecule has 0 saturated carbocycles. The maximum absolute atomic E-state index is 12.5. The van der Waals surface area contributed by atoms with Crippen molar-refractivity contribution < 1.29 is 24.2 Å². The Kier molecular flexibility index (Phi) is 9.07. The van der Waals surface area contributed by atoms with Crippen LogP contribution in [0.15, 0.2) is 91.0 Å². The van der Waals surface area contributed by atoms with E-state index in [-0.39, 0.29) is 25.5 Å². The zero-order valence-corrected chi connectivity index (χ0v) is 18.5. The first-order valence-electron chi connectivity index (χ1n) is 10.7. The summed E-state index contributed by atoms with van der Waals surface area (Å²) in [6, 6.07) is 22.9. The number of anilines is 3. The van der Waals surface area contributed by atoms with Gasteiger partial charge in [0.25, 0.3) is 0 Å². The van der Waals surface area contributed by atoms with E-state index >= 15 is 0 Å². The molecule has 3 rings (SSSR count). The summed E-state index contributed by atoms with van der Waals surface area (Å²) in [5.74, 6) is 0.235. The highest BCUT2D eigenvalue weighted by atomic mass is 16.6. The normalized spacial score (nSPS) is 11.6. The summed E-state index contributed by atoms with van der Waals surface area (Å²) >= 11 is 0. The second-order valence-corrected chi connectivity index (χ2v) is 7.24. The first kappa shape index (κ1) is 24.3. The summed E-state index contributed by atoms with van der Waals surface area (Å²) in [6.45, 7) is 0.0944. The highest BCUT2D eigenvalue weighted by Gasteiger charge is 2.16. The number of rotatable bonds is 10. The van der Waals surface area contributed by atoms with Crippen LogP contribution in [-0.4, -0.2) is 30.3 Å². The number of benzene rings is 3. The zero-order chi connectivity index (χ0) is 24.2. The Hall–Kier alpha value is -4.30. The van der Waals surface area contributed by atoms with Gasteiger partial charge >= 0.3 is 6.09 Å². The minimum atomic E-state index is -0.651. The number of nitrogen functional groups attached to an aromatic ring is 1. The van der Waals surface area contributed by atoms with Gasteiger partial charge in [-0.25, -0.2) is 4.79 Å². The van der Waals surface area contributed by atoms with E-state index < -0.39 is 12.2 Å². The van der Waals surface area contributed by atoms with Crippen LogP contribution in [0.1, 0.15) is 18.1 Å². The van der Waals surface area contributed by atoms with Crippen LogP contribution in [0.25, 0.3) is 0 Å². The lowest BCUT2D eigenvalue weighted by atomic mass is 10.1. The molecule has 0 saturated heterocycles. The van der Waals surface area contributed by atoms with Crippen molar-refractivity contribution in [3.8, 4) is 5.75 Å². The molecule has 0 bridgehead atoms. The Morgan fingerprint density at radius 3 is 2.35 bits per heavy atom. The zero-order valence-electron chi connectivity index (χ0n) is 18.5. The van der Waals surface area contributed by atoms with Crippen LogP contribution < -0.4 is 21.1 Å². The van der Waals surface area contributed by atoms with E-state index in [1.807, 2.05) is 6.07 Å². The van der Waals surface area contributed by atoms with E-state index in [1.54, 1.807) is 78.9 Å². The number of nitrogens with two attached hydrogens (primary N) is 1. The van der Waals surface area contributed by atoms with Crippen LogP contribution in [0.3, 0.4) is 0 Å². The van der Waals surface area contributed by atoms with Crippen LogP contribution in [-0.2, 0) is 9.53 Å². The molecular weight excluding hydrogens is 434 g/mol. The quantitative estimate of drug-likeness (QED) is 0.260. The van der Waals surface area contributed by atoms with Crippen molar-refractivity contribution in [2.75, 3.05) is 29.6 Å². The number of amides is 2. The molecule has 0 fully saturated rings. The van der Waals surface area contributed by atoms with Crippen molar-refractivity contribution >= 4 is 29.1 Å². The second-order valence-electron chi connectivity index (χ2n) is 7.24. The number of ether oxygens (including phenoxy) is 2. The molecule has 0 unspecified atom stereocenters. The number of aliphatic hydroxyl groups excluding tert-OH is 1. The molecule has 8 heteroatoms. The largest absolute Gasteiger partial charge is 0.491 e. The molecule has 0 radical (unpaired) electrons. The van der Waals surface area contributed by atoms with Crippen LogP contribution in [0.2, 0.25) is 0 Å². The van der Waals surface area contributed by atoms with Crippen molar-refractivity contribution in [2.45, 2.75) is 12.5 Å². The number of hydrogen-bond donors (Lipinski definition) is 4. The minimum Gasteiger partial charge on any atom is -0.491 e. The molecule has 0 spiro atoms. The van der Waals surface area contributed by atoms with Crippen molar-refractivity contribution in [3.05, 3.63) is 96.6 Å². The van der Waals surface area contributed by atoms with Crippen molar-refractivity contribution in [1.82, 2.24) is 0 Å². The fourth-order valence-corrected chi connectivity index (χ4v) is 3.08. The van der Waals surface area contributed by atoms with Gasteiger partial charge in [0, 0.05) is 12.1 Å². The van der Waals surface area contributed by atoms with E-state index in [0.29, 0.717) is 22.8 Å². The Labute approximate surface area is 198 Å². The lowest BCUT2D eigenvalue weighted by molar-refractivity contribution is -0.111. The smallest absolute Gasteiger partial charge is 0.412 e. The topological polar surface area (TPSA) is 123 Å². The molecular formula is C26H27N3O5. The average molecular weight is 462 g/mol. The van der Waals surface area contributed by atoms with Crippen LogP contribution in [0.5, 0.6) is 5.75 Å². The number of carbonyl (C=O) groups excluding carboxylic acids is 2. The van der Waals surface area contributed by atoms with Gasteiger partial charge < -0.3 is 25.6 Å². The van der Waals surface area contributed by atoms with Gasteiger partial charge in [-0.1, -0.05) is 48.5 Å². The van der Waals surface area contributed by atoms with E-state index in [4.69, 9.17) is 20.3 Å². The van der Waals surface area contributed by atoms with Crippen LogP contribution in [0.4, 0.5) is 21.9 Å². The molecule has 3 aromatic rings. The number of para-hydroxylation sites is 3. The van der Waals surface area contributed by atoms with Gasteiger partial charge in [-0.3, -0.25) is 10.1 Å². The van der Waals surface area contributed by atoms with Gasteiger partial charge in [-0.15, -0.1) is 0 Å². The third-order valence-electron chi connectivity index (χ3n) is 4.72. The van der Waals surface area contributed by atoms with Crippen molar-refractivity contribution in [1.29, 1.82) is 0 Å². The SMILES string of the molecule is Nc1ccccc1NC(=O)/C=C/C[C@H](OC(=O)Nc1ccccc1)c1ccc(OCCO)cc1. The molecule has 34 heavy (non-hydrogen) atoms. The van der Waals surface area contributed by atoms with Gasteiger partial charge in [-0.2, -0.15) is 0 Å². The van der Waals surface area contributed by atoms with E-state index in [9.17, 15) is 9.59 Å². The molecule has 8 nitrogen and oxygen atoms in total. The number of nitrogens with one attached hydrogen (secondary N) is 2. The van der Waals surface area contributed by atoms with Gasteiger partial charge in [0.2, 0.25) is 5.91 Å². The van der Waals surface area contributed by atoms with Gasteiger partial charge in [-0.05, 0) is 48.0 Å². The summed E-state index contributed by atoms with van der Waals surface area (Å²) < 4.78 is 11.0. The highest BCUT2D eigenvalue weighted by molar-refractivity contribution is 6.01. The minimum absolute atomic E-state index is 0.0887. The van der Waals surface area contributed by atoms with E-state index in [1.165, 1.54) is 6.08 Å². The fourth-order valence-electron chi connectivity index (χ4n) is 3.08. The van der Waals surface area contributed by atoms with Gasteiger partial charge in [0.05, 0.1) is 18.0 Å². The summed E-state index contributed by atoms with van der Waals surface area (Å²) in [6.07, 6.45) is 1.99. The Bertz CT molecular complexity index is 1100. The van der Waals surface area contributed by atoms with Gasteiger partial charge in [0.1, 0.15) is 18.5 Å². The monoisotopic (exact) mass is 461 g/mol. The van der Waals surface area contributed by atoms with Crippen LogP contribution in [0, 0.1) is 0 Å². The number of hydrogen-bond acceptors (Lipinski definition) is 6. The van der Waals surface area contributed by atoms with E-state index in [2.05, 4.69) is 10.6 Å². The Morgan fingerprint density at radius 2 is 1.65 bits per heavy atom. The Balaban J connectivity index is 1.67. The second kappa shape index (κ2) is 12.7. The fraction of sp³-hybridized carbons (Fsp3) is 0.154. The lowest BCUT2D eigenvalue weighted by Gasteiger charge is -2.18. The summed E-state index contributed by atoms with van der Waals surface area (Å²) in [4.78, 5) is 24.8. The van der Waals surface area contributed by atoms with Crippen LogP contribution >= 0.6 is 0 Å². The van der Waals surface area contributed by atoms with Crippen molar-refractivity contribution in [3.63, 3.8) is 0 Å². The standard InChI is InChI=1S/C26H27N3O5/c27-22-9-4-5-10-23(22)29-25(31)12-6-11-24(19-13-15-21(16-14-19)33-18-17-30)34-26(32)28-20-7-2-1-3-8-20/h1-10,12-16,24,30H,11,17-18,27H2,(H,28,32)(H,29,31)/b12-6+/t24-/m0/s1. The molecule has 5 N–H and O–H groups in total. The molecule has 1 atom stereocenters. The molecule has 0 aliphatic heterocycles. The van der Waals surface area contributed by atoms with E-state index in [0.717, 1.165) is 5.56 Å². The molecule has 2 amide bonds. The first-order chi connectivity index (χ1) is 16.5. The first-order valence-corrected chi connectivity index (χ1v) is 10.7. The maximum Gasteiger partial charge on any atom is 0.412 e. The third kappa shape index (κ3) is 7.68. The highest BCUT2D eigenvalue weighted by Crippen LogP contribution is 2.25. The number of carbonyl (C=O) groups is 2. The summed E-state index contributed by atoms with van der Waals surface area (Å²) in [5, 5.41) is 14.3. The molecule has 176 valence electrons. The maximum atomic E-state index is 12.5. The third-order valence-corrected chi connectivity index (χ3v) is 4.72. The Morgan fingerprint density at radius 1 is 0.941 bits per heavy atom. The predicted molar refractivity (Wildman–Crippen MR) is 132 cm³/mol. The van der Waals surface area contributed by atoms with Crippen molar-refractivity contribution in [2.24, 2.45) is 0 Å². The molecule has 0 aromatic heterocycles. The van der Waals surface area contributed by atoms with Gasteiger partial charge in [0.15, 0.2) is 0 Å². The predicted octanol–water partition coefficient (Wildman–Crippen LogP) is 4.51. The molecule has 3 aromatic carbocycles. The number of aliphatic hydroxyl groups is 1. The molecule has 0 aliphatic rings. The average Bonchev–Trinajstić information content (AvgIpc) is 2.84. The summed E-state index contributed by atoms with van der Waals surface area (Å²) in [5.41, 5.74) is 8.16. The lowest BCUT2D eigenvalue weighted by Crippen LogP contribution is -2.17. The molecule has 0 aliphatic carbocycles. The molecule has 0 heterocycles. The summed E-state index contributed by atoms with van der Waals surface area (Å²) in [7, 11) is 0.